The van der Waals surface area contributed by atoms with Gasteiger partial charge in [0.2, 0.25) is 10.0 Å². The molecular weight excluding hydrogens is 281 g/mol. The van der Waals surface area contributed by atoms with E-state index in [1.165, 1.54) is 18.2 Å². The summed E-state index contributed by atoms with van der Waals surface area (Å²) in [6.45, 7) is 3.84. The van der Waals surface area contributed by atoms with Crippen LogP contribution in [-0.2, 0) is 10.0 Å². The Kier molecular flexibility index (Phi) is 5.25. The van der Waals surface area contributed by atoms with E-state index in [-0.39, 0.29) is 16.0 Å². The average Bonchev–Trinajstić information content (AvgIpc) is 2.21. The molecular formula is C11H15Cl2NO2S. The Balaban J connectivity index is 2.93. The second-order valence-corrected chi connectivity index (χ2v) is 6.42. The van der Waals surface area contributed by atoms with Crippen LogP contribution in [0.4, 0.5) is 0 Å². The van der Waals surface area contributed by atoms with E-state index < -0.39 is 10.0 Å². The van der Waals surface area contributed by atoms with Crippen LogP contribution in [0.15, 0.2) is 23.1 Å². The van der Waals surface area contributed by atoms with Crippen molar-refractivity contribution in [3.8, 4) is 0 Å². The molecule has 0 amide bonds. The standard InChI is InChI=1S/C11H15Cl2NO2S/c1-3-4-8(2)14-17(15,16)9-5-6-10(12)11(13)7-9/h5-8,14H,3-4H2,1-2H3. The first-order valence-electron chi connectivity index (χ1n) is 5.34. The first-order chi connectivity index (χ1) is 7.86. The Morgan fingerprint density at radius 3 is 2.47 bits per heavy atom. The normalized spacial score (nSPS) is 13.6. The van der Waals surface area contributed by atoms with Gasteiger partial charge in [0.25, 0.3) is 0 Å². The first kappa shape index (κ1) is 14.8. The lowest BCUT2D eigenvalue weighted by molar-refractivity contribution is 0.544. The smallest absolute Gasteiger partial charge is 0.208 e. The van der Waals surface area contributed by atoms with E-state index in [1.807, 2.05) is 13.8 Å². The van der Waals surface area contributed by atoms with E-state index in [9.17, 15) is 8.42 Å². The van der Waals surface area contributed by atoms with Gasteiger partial charge in [-0.15, -0.1) is 0 Å². The summed E-state index contributed by atoms with van der Waals surface area (Å²) in [5.74, 6) is 0. The number of hydrogen-bond acceptors (Lipinski definition) is 2. The van der Waals surface area contributed by atoms with E-state index in [0.29, 0.717) is 5.02 Å². The van der Waals surface area contributed by atoms with Gasteiger partial charge in [-0.1, -0.05) is 36.5 Å². The Morgan fingerprint density at radius 2 is 1.94 bits per heavy atom. The van der Waals surface area contributed by atoms with Gasteiger partial charge in [0.05, 0.1) is 14.9 Å². The molecule has 0 bridgehead atoms. The lowest BCUT2D eigenvalue weighted by Crippen LogP contribution is -2.32. The van der Waals surface area contributed by atoms with Crippen molar-refractivity contribution in [1.29, 1.82) is 0 Å². The van der Waals surface area contributed by atoms with Gasteiger partial charge in [0.15, 0.2) is 0 Å². The summed E-state index contributed by atoms with van der Waals surface area (Å²) in [4.78, 5) is 0.134. The highest BCUT2D eigenvalue weighted by atomic mass is 35.5. The lowest BCUT2D eigenvalue weighted by Gasteiger charge is -2.13. The van der Waals surface area contributed by atoms with Crippen LogP contribution in [0.1, 0.15) is 26.7 Å². The molecule has 0 aliphatic carbocycles. The maximum Gasteiger partial charge on any atom is 0.240 e. The molecule has 1 rings (SSSR count). The van der Waals surface area contributed by atoms with Crippen molar-refractivity contribution < 1.29 is 8.42 Å². The summed E-state index contributed by atoms with van der Waals surface area (Å²) < 4.78 is 26.5. The van der Waals surface area contributed by atoms with Gasteiger partial charge in [-0.05, 0) is 31.5 Å². The van der Waals surface area contributed by atoms with Gasteiger partial charge >= 0.3 is 0 Å². The van der Waals surface area contributed by atoms with Crippen molar-refractivity contribution >= 4 is 33.2 Å². The molecule has 17 heavy (non-hydrogen) atoms. The van der Waals surface area contributed by atoms with Gasteiger partial charge < -0.3 is 0 Å². The third-order valence-electron chi connectivity index (χ3n) is 2.28. The number of benzene rings is 1. The van der Waals surface area contributed by atoms with Gasteiger partial charge in [-0.3, -0.25) is 0 Å². The molecule has 1 aromatic carbocycles. The highest BCUT2D eigenvalue weighted by Gasteiger charge is 2.17. The number of sulfonamides is 1. The minimum Gasteiger partial charge on any atom is -0.208 e. The van der Waals surface area contributed by atoms with Crippen molar-refractivity contribution in [3.63, 3.8) is 0 Å². The maximum absolute atomic E-state index is 12.0. The molecule has 0 aromatic heterocycles. The Hall–Kier alpha value is -0.290. The van der Waals surface area contributed by atoms with Gasteiger partial charge in [-0.2, -0.15) is 0 Å². The minimum atomic E-state index is -3.51. The molecule has 1 aromatic rings. The van der Waals surface area contributed by atoms with Crippen molar-refractivity contribution in [1.82, 2.24) is 4.72 Å². The van der Waals surface area contributed by atoms with E-state index in [0.717, 1.165) is 12.8 Å². The average molecular weight is 296 g/mol. The fourth-order valence-electron chi connectivity index (χ4n) is 1.47. The minimum absolute atomic E-state index is 0.0977. The lowest BCUT2D eigenvalue weighted by atomic mass is 10.2. The van der Waals surface area contributed by atoms with Crippen molar-refractivity contribution in [2.75, 3.05) is 0 Å². The van der Waals surface area contributed by atoms with Crippen LogP contribution in [0, 0.1) is 0 Å². The third kappa shape index (κ3) is 4.14. The largest absolute Gasteiger partial charge is 0.240 e. The van der Waals surface area contributed by atoms with E-state index >= 15 is 0 Å². The molecule has 3 nitrogen and oxygen atoms in total. The second kappa shape index (κ2) is 6.05. The SMILES string of the molecule is CCCC(C)NS(=O)(=O)c1ccc(Cl)c(Cl)c1. The molecule has 96 valence electrons. The van der Waals surface area contributed by atoms with Crippen molar-refractivity contribution in [2.45, 2.75) is 37.6 Å². The quantitative estimate of drug-likeness (QED) is 0.904. The summed E-state index contributed by atoms with van der Waals surface area (Å²) in [5, 5.41) is 0.574. The Morgan fingerprint density at radius 1 is 1.29 bits per heavy atom. The molecule has 6 heteroatoms. The first-order valence-corrected chi connectivity index (χ1v) is 7.58. The zero-order valence-electron chi connectivity index (χ0n) is 9.70. The predicted molar refractivity (Wildman–Crippen MR) is 71.2 cm³/mol. The Bertz CT molecular complexity index is 488. The highest BCUT2D eigenvalue weighted by molar-refractivity contribution is 7.89. The number of hydrogen-bond donors (Lipinski definition) is 1. The molecule has 0 heterocycles. The van der Waals surface area contributed by atoms with Crippen LogP contribution in [0.2, 0.25) is 10.0 Å². The second-order valence-electron chi connectivity index (χ2n) is 3.89. The van der Waals surface area contributed by atoms with E-state index in [4.69, 9.17) is 23.2 Å². The van der Waals surface area contributed by atoms with Crippen LogP contribution in [0.5, 0.6) is 0 Å². The van der Waals surface area contributed by atoms with Crippen LogP contribution < -0.4 is 4.72 Å². The topological polar surface area (TPSA) is 46.2 Å². The molecule has 0 fully saturated rings. The molecule has 0 saturated carbocycles. The highest BCUT2D eigenvalue weighted by Crippen LogP contribution is 2.24. The van der Waals surface area contributed by atoms with Crippen LogP contribution in [0.25, 0.3) is 0 Å². The fourth-order valence-corrected chi connectivity index (χ4v) is 3.14. The van der Waals surface area contributed by atoms with Crippen LogP contribution >= 0.6 is 23.2 Å². The molecule has 0 radical (unpaired) electrons. The van der Waals surface area contributed by atoms with Crippen LogP contribution in [0.3, 0.4) is 0 Å². The molecule has 0 aliphatic rings. The summed E-state index contributed by atoms with van der Waals surface area (Å²) in [7, 11) is -3.51. The molecule has 1 unspecified atom stereocenters. The summed E-state index contributed by atoms with van der Waals surface area (Å²) in [6.07, 6.45) is 1.71. The van der Waals surface area contributed by atoms with Crippen molar-refractivity contribution in [2.24, 2.45) is 0 Å². The zero-order valence-corrected chi connectivity index (χ0v) is 12.0. The molecule has 0 aliphatic heterocycles. The molecule has 0 saturated heterocycles. The number of nitrogens with one attached hydrogen (secondary N) is 1. The molecule has 1 atom stereocenters. The summed E-state index contributed by atoms with van der Waals surface area (Å²) in [6, 6.07) is 4.17. The van der Waals surface area contributed by atoms with Gasteiger partial charge in [0, 0.05) is 6.04 Å². The predicted octanol–water partition coefficient (Wildman–Crippen LogP) is 3.46. The number of rotatable bonds is 5. The zero-order chi connectivity index (χ0) is 13.1. The van der Waals surface area contributed by atoms with Crippen LogP contribution in [-0.4, -0.2) is 14.5 Å². The maximum atomic E-state index is 12.0. The Labute approximate surface area is 112 Å². The third-order valence-corrected chi connectivity index (χ3v) is 4.61. The van der Waals surface area contributed by atoms with Gasteiger partial charge in [0.1, 0.15) is 0 Å². The van der Waals surface area contributed by atoms with E-state index in [1.54, 1.807) is 0 Å². The summed E-state index contributed by atoms with van der Waals surface area (Å²) >= 11 is 11.5. The van der Waals surface area contributed by atoms with E-state index in [2.05, 4.69) is 4.72 Å². The molecule has 1 N–H and O–H groups in total. The van der Waals surface area contributed by atoms with Crippen molar-refractivity contribution in [3.05, 3.63) is 28.2 Å². The monoisotopic (exact) mass is 295 g/mol. The van der Waals surface area contributed by atoms with Gasteiger partial charge in [-0.25, -0.2) is 13.1 Å². The number of halogens is 2. The fraction of sp³-hybridized carbons (Fsp3) is 0.455. The summed E-state index contributed by atoms with van der Waals surface area (Å²) in [5.41, 5.74) is 0. The molecule has 0 spiro atoms.